The van der Waals surface area contributed by atoms with Gasteiger partial charge in [0.05, 0.1) is 28.0 Å². The number of aryl methyl sites for hydroxylation is 1. The number of rotatable bonds is 4. The Morgan fingerprint density at radius 3 is 2.67 bits per heavy atom. The van der Waals surface area contributed by atoms with Gasteiger partial charge in [0, 0.05) is 13.7 Å². The van der Waals surface area contributed by atoms with Crippen LogP contribution >= 0.6 is 15.9 Å². The Balaban J connectivity index is 2.98. The quantitative estimate of drug-likeness (QED) is 0.915. The number of nitrogens with zero attached hydrogens (tertiary/aromatic N) is 2. The van der Waals surface area contributed by atoms with Crippen LogP contribution in [0.5, 0.6) is 0 Å². The first kappa shape index (κ1) is 12.7. The predicted molar refractivity (Wildman–Crippen MR) is 63.5 cm³/mol. The lowest BCUT2D eigenvalue weighted by Crippen LogP contribution is -2.39. The molecule has 0 fully saturated rings. The number of nitrogens with two attached hydrogens (primary N) is 1. The molecule has 0 aliphatic rings. The number of hydrogen-bond donors (Lipinski definition) is 1. The molecule has 4 nitrogen and oxygen atoms in total. The normalized spacial score (nSPS) is 14.3. The Morgan fingerprint density at radius 1 is 1.67 bits per heavy atom. The molecule has 1 rings (SSSR count). The monoisotopic (exact) mass is 275 g/mol. The van der Waals surface area contributed by atoms with Gasteiger partial charge < -0.3 is 10.5 Å². The molecule has 0 bridgehead atoms. The smallest absolute Gasteiger partial charge is 0.0833 e. The highest BCUT2D eigenvalue weighted by Crippen LogP contribution is 2.30. The Kier molecular flexibility index (Phi) is 3.92. The van der Waals surface area contributed by atoms with Crippen molar-refractivity contribution in [2.24, 2.45) is 12.8 Å². The summed E-state index contributed by atoms with van der Waals surface area (Å²) >= 11 is 3.44. The lowest BCUT2D eigenvalue weighted by atomic mass is 9.96. The van der Waals surface area contributed by atoms with Gasteiger partial charge in [-0.15, -0.1) is 0 Å². The van der Waals surface area contributed by atoms with Gasteiger partial charge in [0.2, 0.25) is 0 Å². The number of hydrogen-bond acceptors (Lipinski definition) is 3. The van der Waals surface area contributed by atoms with E-state index in [4.69, 9.17) is 10.5 Å². The maximum Gasteiger partial charge on any atom is 0.0833 e. The van der Waals surface area contributed by atoms with Crippen molar-refractivity contribution >= 4 is 15.9 Å². The Bertz CT molecular complexity index is 316. The molecule has 0 spiro atoms. The van der Waals surface area contributed by atoms with E-state index in [0.717, 1.165) is 10.2 Å². The van der Waals surface area contributed by atoms with Crippen molar-refractivity contribution in [1.29, 1.82) is 0 Å². The number of halogens is 1. The molecule has 86 valence electrons. The Morgan fingerprint density at radius 2 is 2.27 bits per heavy atom. The molecule has 0 aromatic carbocycles. The van der Waals surface area contributed by atoms with Crippen molar-refractivity contribution < 1.29 is 4.74 Å². The molecule has 1 aromatic rings. The molecule has 0 saturated carbocycles. The van der Waals surface area contributed by atoms with Crippen LogP contribution in [0, 0.1) is 0 Å². The number of aromatic nitrogens is 2. The lowest BCUT2D eigenvalue weighted by molar-refractivity contribution is -0.0316. The topological polar surface area (TPSA) is 53.1 Å². The van der Waals surface area contributed by atoms with Crippen molar-refractivity contribution in [1.82, 2.24) is 9.78 Å². The van der Waals surface area contributed by atoms with E-state index < -0.39 is 5.60 Å². The highest BCUT2D eigenvalue weighted by atomic mass is 79.9. The third-order valence-corrected chi connectivity index (χ3v) is 3.11. The first-order valence-corrected chi connectivity index (χ1v) is 5.76. The molecule has 0 aliphatic carbocycles. The summed E-state index contributed by atoms with van der Waals surface area (Å²) in [5.74, 6) is 0. The Hall–Kier alpha value is -0.390. The summed E-state index contributed by atoms with van der Waals surface area (Å²) < 4.78 is 8.33. The largest absolute Gasteiger partial charge is 0.374 e. The zero-order chi connectivity index (χ0) is 11.6. The minimum absolute atomic E-state index is 0.209. The Labute approximate surface area is 98.9 Å². The summed E-state index contributed by atoms with van der Waals surface area (Å²) in [6.45, 7) is 6.59. The summed E-state index contributed by atoms with van der Waals surface area (Å²) in [6.07, 6.45) is 1.75. The van der Waals surface area contributed by atoms with Gasteiger partial charge in [-0.3, -0.25) is 4.68 Å². The third-order valence-electron chi connectivity index (χ3n) is 2.50. The van der Waals surface area contributed by atoms with Gasteiger partial charge in [0.15, 0.2) is 0 Å². The van der Waals surface area contributed by atoms with Crippen molar-refractivity contribution in [2.75, 3.05) is 6.61 Å². The van der Waals surface area contributed by atoms with Crippen molar-refractivity contribution in [2.45, 2.75) is 32.4 Å². The second-order valence-electron chi connectivity index (χ2n) is 4.02. The van der Waals surface area contributed by atoms with E-state index in [1.807, 2.05) is 27.8 Å². The summed E-state index contributed by atoms with van der Waals surface area (Å²) in [6, 6.07) is -0.209. The van der Waals surface area contributed by atoms with Crippen LogP contribution in [0.4, 0.5) is 0 Å². The molecule has 15 heavy (non-hydrogen) atoms. The molecule has 1 heterocycles. The molecular weight excluding hydrogens is 258 g/mol. The zero-order valence-corrected chi connectivity index (χ0v) is 11.2. The van der Waals surface area contributed by atoms with Crippen LogP contribution in [-0.2, 0) is 11.8 Å². The molecule has 0 aliphatic heterocycles. The van der Waals surface area contributed by atoms with E-state index in [9.17, 15) is 0 Å². The van der Waals surface area contributed by atoms with Crippen LogP contribution in [-0.4, -0.2) is 22.0 Å². The van der Waals surface area contributed by atoms with Crippen LogP contribution in [0.2, 0.25) is 0 Å². The molecule has 1 aromatic heterocycles. The minimum atomic E-state index is -0.398. The van der Waals surface area contributed by atoms with Crippen molar-refractivity contribution in [3.05, 3.63) is 16.4 Å². The molecule has 0 saturated heterocycles. The van der Waals surface area contributed by atoms with Gasteiger partial charge in [-0.25, -0.2) is 0 Å². The SMILES string of the molecule is CCOC(C)(C)C(N)c1c(Br)cnn1C. The molecule has 0 radical (unpaired) electrons. The molecule has 5 heteroatoms. The van der Waals surface area contributed by atoms with Crippen LogP contribution < -0.4 is 5.73 Å². The molecular formula is C10H18BrN3O. The van der Waals surface area contributed by atoms with E-state index in [1.54, 1.807) is 10.9 Å². The molecule has 1 unspecified atom stereocenters. The zero-order valence-electron chi connectivity index (χ0n) is 9.62. The molecule has 0 amide bonds. The predicted octanol–water partition coefficient (Wildman–Crippen LogP) is 2.00. The minimum Gasteiger partial charge on any atom is -0.374 e. The molecule has 1 atom stereocenters. The maximum absolute atomic E-state index is 6.19. The van der Waals surface area contributed by atoms with E-state index in [0.29, 0.717) is 6.61 Å². The van der Waals surface area contributed by atoms with E-state index >= 15 is 0 Å². The van der Waals surface area contributed by atoms with Gasteiger partial charge in [0.1, 0.15) is 0 Å². The summed E-state index contributed by atoms with van der Waals surface area (Å²) in [5, 5.41) is 4.15. The maximum atomic E-state index is 6.19. The standard InChI is InChI=1S/C10H18BrN3O/c1-5-15-10(2,3)9(12)8-7(11)6-13-14(8)4/h6,9H,5,12H2,1-4H3. The average Bonchev–Trinajstić information content (AvgIpc) is 2.45. The van der Waals surface area contributed by atoms with Crippen LogP contribution in [0.25, 0.3) is 0 Å². The van der Waals surface area contributed by atoms with Crippen LogP contribution in [0.15, 0.2) is 10.7 Å². The highest BCUT2D eigenvalue weighted by Gasteiger charge is 2.31. The van der Waals surface area contributed by atoms with Crippen LogP contribution in [0.1, 0.15) is 32.5 Å². The highest BCUT2D eigenvalue weighted by molar-refractivity contribution is 9.10. The summed E-state index contributed by atoms with van der Waals surface area (Å²) in [4.78, 5) is 0. The second kappa shape index (κ2) is 4.63. The van der Waals surface area contributed by atoms with E-state index in [1.165, 1.54) is 0 Å². The lowest BCUT2D eigenvalue weighted by Gasteiger charge is -2.31. The van der Waals surface area contributed by atoms with Crippen molar-refractivity contribution in [3.8, 4) is 0 Å². The number of ether oxygens (including phenoxy) is 1. The van der Waals surface area contributed by atoms with E-state index in [-0.39, 0.29) is 6.04 Å². The third kappa shape index (κ3) is 2.59. The fourth-order valence-electron chi connectivity index (χ4n) is 1.56. The van der Waals surface area contributed by atoms with Gasteiger partial charge in [-0.05, 0) is 36.7 Å². The van der Waals surface area contributed by atoms with Crippen molar-refractivity contribution in [3.63, 3.8) is 0 Å². The molecule has 2 N–H and O–H groups in total. The summed E-state index contributed by atoms with van der Waals surface area (Å²) in [5.41, 5.74) is 6.74. The van der Waals surface area contributed by atoms with Gasteiger partial charge >= 0.3 is 0 Å². The van der Waals surface area contributed by atoms with Gasteiger partial charge in [-0.2, -0.15) is 5.10 Å². The first-order valence-electron chi connectivity index (χ1n) is 4.97. The van der Waals surface area contributed by atoms with Crippen LogP contribution in [0.3, 0.4) is 0 Å². The van der Waals surface area contributed by atoms with Gasteiger partial charge in [-0.1, -0.05) is 0 Å². The summed E-state index contributed by atoms with van der Waals surface area (Å²) in [7, 11) is 1.88. The fraction of sp³-hybridized carbons (Fsp3) is 0.700. The average molecular weight is 276 g/mol. The first-order chi connectivity index (χ1) is 6.90. The van der Waals surface area contributed by atoms with Gasteiger partial charge in [0.25, 0.3) is 0 Å². The fourth-order valence-corrected chi connectivity index (χ4v) is 2.16. The van der Waals surface area contributed by atoms with E-state index in [2.05, 4.69) is 21.0 Å². The second-order valence-corrected chi connectivity index (χ2v) is 4.87.